The van der Waals surface area contributed by atoms with E-state index in [1.54, 1.807) is 6.08 Å². The van der Waals surface area contributed by atoms with E-state index in [9.17, 15) is 9.59 Å². The van der Waals surface area contributed by atoms with Gasteiger partial charge in [-0.05, 0) is 50.8 Å². The highest BCUT2D eigenvalue weighted by Gasteiger charge is 2.28. The van der Waals surface area contributed by atoms with Crippen LogP contribution in [0.2, 0.25) is 0 Å². The molecule has 1 aliphatic rings. The lowest BCUT2D eigenvalue weighted by molar-refractivity contribution is 0.0973. The fraction of sp³-hybridized carbons (Fsp3) is 0.613. The molecule has 0 amide bonds. The number of allylic oxidation sites excluding steroid dienone is 4. The van der Waals surface area contributed by atoms with Crippen LogP contribution in [-0.2, 0) is 0 Å². The van der Waals surface area contributed by atoms with Gasteiger partial charge in [0.15, 0.2) is 11.6 Å². The van der Waals surface area contributed by atoms with Crippen LogP contribution in [0.4, 0.5) is 0 Å². The average Bonchev–Trinajstić information content (AvgIpc) is 2.85. The Labute approximate surface area is 212 Å². The summed E-state index contributed by atoms with van der Waals surface area (Å²) in [6, 6.07) is -2.59. The van der Waals surface area contributed by atoms with E-state index in [0.29, 0.717) is 5.92 Å². The second kappa shape index (κ2) is 13.7. The molecule has 2 rings (SSSR count). The van der Waals surface area contributed by atoms with Crippen molar-refractivity contribution in [1.82, 2.24) is 0 Å². The zero-order valence-electron chi connectivity index (χ0n) is 28.2. The standard InChI is InChI=1S/C31H46O2/c1-22(2)12-9-13-23(3)14-10-15-24(4)16-11-17-25(5)20-21-27-26(6)30(32)28-18-7-8-19-29(28)31(27)33/h7-8,18-20,22-24H,9-17,21H2,1-6H3/b25-20-/t23-,24-/m1/s1/i6D3,7D,8D,18D,19D. The minimum absolute atomic E-state index is 0.0729. The molecule has 0 aliphatic heterocycles. The quantitative estimate of drug-likeness (QED) is 0.261. The smallest absolute Gasteiger partial charge is 0.190 e. The minimum atomic E-state index is -2.89. The van der Waals surface area contributed by atoms with Gasteiger partial charge in [0.05, 0.1) is 5.48 Å². The Balaban J connectivity index is 2.02. The molecule has 0 saturated heterocycles. The van der Waals surface area contributed by atoms with Crippen molar-refractivity contribution in [2.75, 3.05) is 0 Å². The summed E-state index contributed by atoms with van der Waals surface area (Å²) >= 11 is 0. The molecule has 2 atom stereocenters. The van der Waals surface area contributed by atoms with Gasteiger partial charge in [-0.2, -0.15) is 0 Å². The number of carbonyl (C=O) groups is 2. The fourth-order valence-corrected chi connectivity index (χ4v) is 4.46. The summed E-state index contributed by atoms with van der Waals surface area (Å²) in [5, 5.41) is 0. The Bertz CT molecular complexity index is 1150. The van der Waals surface area contributed by atoms with E-state index in [4.69, 9.17) is 9.60 Å². The first-order chi connectivity index (χ1) is 18.6. The number of rotatable bonds is 14. The zero-order chi connectivity index (χ0) is 30.4. The number of fused-ring (bicyclic) bond motifs is 1. The van der Waals surface area contributed by atoms with Gasteiger partial charge in [0.25, 0.3) is 0 Å². The van der Waals surface area contributed by atoms with E-state index >= 15 is 0 Å². The van der Waals surface area contributed by atoms with Crippen molar-refractivity contribution in [1.29, 1.82) is 0 Å². The summed E-state index contributed by atoms with van der Waals surface area (Å²) in [5.74, 6) is 0.321. The molecule has 0 saturated carbocycles. The van der Waals surface area contributed by atoms with E-state index < -0.39 is 59.3 Å². The molecule has 2 heteroatoms. The van der Waals surface area contributed by atoms with Crippen molar-refractivity contribution in [3.63, 3.8) is 0 Å². The molecule has 2 nitrogen and oxygen atoms in total. The molecule has 0 N–H and O–H groups in total. The van der Waals surface area contributed by atoms with Crippen LogP contribution in [0.15, 0.2) is 47.0 Å². The molecule has 0 bridgehead atoms. The van der Waals surface area contributed by atoms with Gasteiger partial charge in [0.1, 0.15) is 0 Å². The lowest BCUT2D eigenvalue weighted by atomic mass is 9.83. The maximum Gasteiger partial charge on any atom is 0.190 e. The first-order valence-corrected chi connectivity index (χ1v) is 12.7. The van der Waals surface area contributed by atoms with Crippen LogP contribution in [0, 0.1) is 17.8 Å². The van der Waals surface area contributed by atoms with Crippen molar-refractivity contribution in [3.8, 4) is 0 Å². The molecule has 1 aliphatic carbocycles. The summed E-state index contributed by atoms with van der Waals surface area (Å²) in [4.78, 5) is 26.6. The van der Waals surface area contributed by atoms with Crippen LogP contribution >= 0.6 is 0 Å². The van der Waals surface area contributed by atoms with Gasteiger partial charge in [0.2, 0.25) is 0 Å². The van der Waals surface area contributed by atoms with E-state index in [1.165, 1.54) is 38.5 Å². The Kier molecular flexibility index (Phi) is 7.62. The molecular weight excluding hydrogens is 404 g/mol. The number of carbonyl (C=O) groups excluding carboxylic acids is 2. The van der Waals surface area contributed by atoms with Crippen LogP contribution in [0.3, 0.4) is 0 Å². The molecule has 0 unspecified atom stereocenters. The van der Waals surface area contributed by atoms with Gasteiger partial charge in [-0.25, -0.2) is 0 Å². The van der Waals surface area contributed by atoms with E-state index in [2.05, 4.69) is 27.7 Å². The third kappa shape index (κ3) is 8.72. The van der Waals surface area contributed by atoms with Gasteiger partial charge in [-0.1, -0.05) is 108 Å². The fourth-order valence-electron chi connectivity index (χ4n) is 4.46. The number of benzene rings is 1. The molecule has 1 aromatic carbocycles. The largest absolute Gasteiger partial charge is 0.289 e. The van der Waals surface area contributed by atoms with Crippen LogP contribution in [0.25, 0.3) is 0 Å². The first kappa shape index (κ1) is 18.4. The normalized spacial score (nSPS) is 19.8. The van der Waals surface area contributed by atoms with Crippen LogP contribution in [-0.4, -0.2) is 11.6 Å². The van der Waals surface area contributed by atoms with Gasteiger partial charge < -0.3 is 0 Å². The molecular formula is C31H46O2. The van der Waals surface area contributed by atoms with Crippen molar-refractivity contribution in [2.24, 2.45) is 17.8 Å². The summed E-state index contributed by atoms with van der Waals surface area (Å²) in [7, 11) is 0. The van der Waals surface area contributed by atoms with E-state index in [0.717, 1.165) is 36.7 Å². The Morgan fingerprint density at radius 3 is 2.00 bits per heavy atom. The molecule has 1 aromatic rings. The second-order valence-corrected chi connectivity index (χ2v) is 10.4. The van der Waals surface area contributed by atoms with E-state index in [1.807, 2.05) is 6.92 Å². The van der Waals surface area contributed by atoms with E-state index in [-0.39, 0.29) is 12.0 Å². The van der Waals surface area contributed by atoms with Gasteiger partial charge in [-0.15, -0.1) is 0 Å². The van der Waals surface area contributed by atoms with Gasteiger partial charge >= 0.3 is 0 Å². The summed E-state index contributed by atoms with van der Waals surface area (Å²) in [6.07, 6.45) is 12.2. The number of hydrogen-bond acceptors (Lipinski definition) is 2. The molecule has 0 spiro atoms. The molecule has 0 heterocycles. The average molecular weight is 458 g/mol. The Morgan fingerprint density at radius 1 is 0.879 bits per heavy atom. The highest BCUT2D eigenvalue weighted by molar-refractivity contribution is 6.26. The maximum absolute atomic E-state index is 13.4. The predicted molar refractivity (Wildman–Crippen MR) is 141 cm³/mol. The van der Waals surface area contributed by atoms with Crippen LogP contribution in [0.1, 0.15) is 136 Å². The zero-order valence-corrected chi connectivity index (χ0v) is 21.2. The summed E-state index contributed by atoms with van der Waals surface area (Å²) < 4.78 is 55.7. The highest BCUT2D eigenvalue weighted by Crippen LogP contribution is 2.29. The Hall–Kier alpha value is -1.96. The predicted octanol–water partition coefficient (Wildman–Crippen LogP) is 9.16. The monoisotopic (exact) mass is 457 g/mol. The lowest BCUT2D eigenvalue weighted by Gasteiger charge is -2.18. The summed E-state index contributed by atoms with van der Waals surface area (Å²) in [5.41, 5.74) is -0.855. The third-order valence-corrected chi connectivity index (χ3v) is 6.74. The van der Waals surface area contributed by atoms with Gasteiger partial charge in [-0.3, -0.25) is 9.59 Å². The van der Waals surface area contributed by atoms with Crippen molar-refractivity contribution in [2.45, 2.75) is 106 Å². The number of ketones is 2. The first-order valence-electron chi connectivity index (χ1n) is 16.2. The second-order valence-electron chi connectivity index (χ2n) is 10.4. The topological polar surface area (TPSA) is 34.1 Å². The number of hydrogen-bond donors (Lipinski definition) is 0. The molecule has 0 fully saturated rings. The maximum atomic E-state index is 13.4. The summed E-state index contributed by atoms with van der Waals surface area (Å²) in [6.45, 7) is 8.22. The molecule has 0 aromatic heterocycles. The Morgan fingerprint density at radius 2 is 1.42 bits per heavy atom. The van der Waals surface area contributed by atoms with Gasteiger partial charge in [0, 0.05) is 26.4 Å². The molecule has 0 radical (unpaired) electrons. The van der Waals surface area contributed by atoms with Crippen LogP contribution in [0.5, 0.6) is 0 Å². The molecule has 33 heavy (non-hydrogen) atoms. The number of Topliss-reactive ketones (excluding diaryl/α,β-unsaturated/α-hetero) is 2. The highest BCUT2D eigenvalue weighted by atomic mass is 16.1. The SMILES string of the molecule is [2H]c1c([2H])c([2H])c2c(c1[2H])C(=O)C(C/C=C(/C)CCC[C@H](C)CCC[C@H](C)CCCC(C)C)=C(C([2H])([2H])[2H])C2=O. The van der Waals surface area contributed by atoms with Crippen molar-refractivity contribution in [3.05, 3.63) is 58.1 Å². The molecule has 182 valence electrons. The third-order valence-electron chi connectivity index (χ3n) is 6.74. The van der Waals surface area contributed by atoms with Crippen molar-refractivity contribution < 1.29 is 19.2 Å². The van der Waals surface area contributed by atoms with Crippen LogP contribution < -0.4 is 0 Å². The minimum Gasteiger partial charge on any atom is -0.289 e. The van der Waals surface area contributed by atoms with Crippen molar-refractivity contribution >= 4 is 11.6 Å². The lowest BCUT2D eigenvalue weighted by Crippen LogP contribution is -2.20.